The van der Waals surface area contributed by atoms with Crippen LogP contribution in [-0.2, 0) is 21.2 Å². The summed E-state index contributed by atoms with van der Waals surface area (Å²) in [6, 6.07) is 5.33. The van der Waals surface area contributed by atoms with Crippen molar-refractivity contribution in [1.82, 2.24) is 19.0 Å². The molecule has 0 aliphatic carbocycles. The average Bonchev–Trinajstić information content (AvgIpc) is 3.03. The molecule has 1 aliphatic heterocycles. The fourth-order valence-electron chi connectivity index (χ4n) is 3.94. The fraction of sp³-hybridized carbons (Fsp3) is 0.524. The lowest BCUT2D eigenvalue weighted by Crippen LogP contribution is -2.51. The van der Waals surface area contributed by atoms with Gasteiger partial charge in [0.25, 0.3) is 0 Å². The van der Waals surface area contributed by atoms with E-state index in [2.05, 4.69) is 5.10 Å². The maximum Gasteiger partial charge on any atom is 0.246 e. The number of aryl methyl sites for hydroxylation is 1. The van der Waals surface area contributed by atoms with E-state index in [1.807, 2.05) is 13.8 Å². The lowest BCUT2D eigenvalue weighted by atomic mass is 10.1. The predicted octanol–water partition coefficient (Wildman–Crippen LogP) is 2.82. The molecular weight excluding hydrogens is 440 g/mol. The quantitative estimate of drug-likeness (QED) is 0.650. The van der Waals surface area contributed by atoms with Crippen LogP contribution >= 0.6 is 11.6 Å². The van der Waals surface area contributed by atoms with E-state index in [9.17, 15) is 13.2 Å². The van der Waals surface area contributed by atoms with Crippen molar-refractivity contribution in [3.63, 3.8) is 0 Å². The molecule has 3 rings (SSSR count). The Bertz CT molecular complexity index is 1070. The molecule has 1 aromatic heterocycles. The van der Waals surface area contributed by atoms with Crippen LogP contribution in [0.1, 0.15) is 36.8 Å². The Hall–Kier alpha value is -2.10. The number of halogens is 1. The molecule has 170 valence electrons. The highest BCUT2D eigenvalue weighted by Crippen LogP contribution is 2.27. The maximum absolute atomic E-state index is 13.3. The molecule has 1 amide bonds. The zero-order chi connectivity index (χ0) is 22.9. The van der Waals surface area contributed by atoms with E-state index in [0.29, 0.717) is 35.2 Å². The van der Waals surface area contributed by atoms with Gasteiger partial charge in [-0.15, -0.1) is 0 Å². The molecule has 1 aromatic carbocycles. The summed E-state index contributed by atoms with van der Waals surface area (Å²) in [4.78, 5) is 14.7. The molecule has 0 N–H and O–H groups in total. The first-order valence-electron chi connectivity index (χ1n) is 10.2. The van der Waals surface area contributed by atoms with Gasteiger partial charge < -0.3 is 9.64 Å². The number of hydrogen-bond acceptors (Lipinski definition) is 5. The minimum atomic E-state index is -3.68. The van der Waals surface area contributed by atoms with Crippen LogP contribution in [0.5, 0.6) is 5.75 Å². The molecule has 1 saturated heterocycles. The normalized spacial score (nSPS) is 15.5. The first-order valence-corrected chi connectivity index (χ1v) is 12.0. The van der Waals surface area contributed by atoms with Crippen LogP contribution in [0.2, 0.25) is 5.02 Å². The summed E-state index contributed by atoms with van der Waals surface area (Å²) in [5.41, 5.74) is 1.93. The molecule has 8 nitrogen and oxygen atoms in total. The number of amides is 1. The highest BCUT2D eigenvalue weighted by molar-refractivity contribution is 7.89. The third-order valence-corrected chi connectivity index (χ3v) is 7.96. The van der Waals surface area contributed by atoms with Gasteiger partial charge in [-0.25, -0.2) is 8.42 Å². The van der Waals surface area contributed by atoms with Gasteiger partial charge in [0.05, 0.1) is 29.9 Å². The average molecular weight is 469 g/mol. The van der Waals surface area contributed by atoms with Gasteiger partial charge in [-0.05, 0) is 45.4 Å². The van der Waals surface area contributed by atoms with Crippen molar-refractivity contribution in [1.29, 1.82) is 0 Å². The number of benzene rings is 1. The molecule has 2 aromatic rings. The van der Waals surface area contributed by atoms with Crippen molar-refractivity contribution in [2.24, 2.45) is 0 Å². The number of ether oxygens (including phenoxy) is 1. The van der Waals surface area contributed by atoms with Crippen LogP contribution in [0.3, 0.4) is 0 Å². The third-order valence-electron chi connectivity index (χ3n) is 5.51. The van der Waals surface area contributed by atoms with Gasteiger partial charge in [0, 0.05) is 32.2 Å². The number of rotatable bonds is 6. The van der Waals surface area contributed by atoms with Crippen LogP contribution < -0.4 is 4.74 Å². The van der Waals surface area contributed by atoms with Crippen molar-refractivity contribution >= 4 is 27.5 Å². The highest BCUT2D eigenvalue weighted by atomic mass is 35.5. The topological polar surface area (TPSA) is 84.7 Å². The lowest BCUT2D eigenvalue weighted by molar-refractivity contribution is -0.131. The summed E-state index contributed by atoms with van der Waals surface area (Å²) in [5, 5.41) is 4.86. The number of nitrogens with zero attached hydrogens (tertiary/aromatic N) is 4. The molecule has 1 aliphatic rings. The second-order valence-corrected chi connectivity index (χ2v) is 10.3. The van der Waals surface area contributed by atoms with Gasteiger partial charge in [-0.2, -0.15) is 9.40 Å². The number of methoxy groups -OCH3 is 1. The molecule has 0 atom stereocenters. The van der Waals surface area contributed by atoms with E-state index in [1.165, 1.54) is 11.4 Å². The van der Waals surface area contributed by atoms with Gasteiger partial charge in [0.15, 0.2) is 0 Å². The van der Waals surface area contributed by atoms with E-state index in [0.717, 1.165) is 5.56 Å². The lowest BCUT2D eigenvalue weighted by Gasteiger charge is -2.34. The third kappa shape index (κ3) is 4.73. The molecule has 2 heterocycles. The summed E-state index contributed by atoms with van der Waals surface area (Å²) in [6.07, 6.45) is 0.204. The summed E-state index contributed by atoms with van der Waals surface area (Å²) in [5.74, 6) is 0.501. The first kappa shape index (κ1) is 23.6. The molecule has 10 heteroatoms. The summed E-state index contributed by atoms with van der Waals surface area (Å²) in [6.45, 7) is 8.64. The molecule has 0 saturated carbocycles. The molecule has 0 spiro atoms. The highest BCUT2D eigenvalue weighted by Gasteiger charge is 2.34. The molecule has 0 radical (unpaired) electrons. The predicted molar refractivity (Wildman–Crippen MR) is 119 cm³/mol. The van der Waals surface area contributed by atoms with E-state index >= 15 is 0 Å². The zero-order valence-corrected chi connectivity index (χ0v) is 20.1. The Labute approximate surface area is 188 Å². The number of carbonyl (C=O) groups excluding carboxylic acids is 1. The SMILES string of the molecule is COc1ccc(CC(=O)N2CCN(S(=O)(=O)c3c(C)nn(C(C)C)c3C)CC2)cc1Cl. The van der Waals surface area contributed by atoms with Crippen LogP contribution in [0.15, 0.2) is 23.1 Å². The second-order valence-electron chi connectivity index (χ2n) is 7.97. The Kier molecular flexibility index (Phi) is 6.98. The molecular formula is C21H29ClN4O4S. The van der Waals surface area contributed by atoms with Crippen molar-refractivity contribution in [3.8, 4) is 5.75 Å². The van der Waals surface area contributed by atoms with E-state index in [1.54, 1.807) is 41.6 Å². The van der Waals surface area contributed by atoms with Gasteiger partial charge in [0.1, 0.15) is 10.6 Å². The monoisotopic (exact) mass is 468 g/mol. The molecule has 0 bridgehead atoms. The summed E-state index contributed by atoms with van der Waals surface area (Å²) >= 11 is 6.14. The number of sulfonamides is 1. The van der Waals surface area contributed by atoms with Crippen molar-refractivity contribution in [3.05, 3.63) is 40.2 Å². The smallest absolute Gasteiger partial charge is 0.246 e. The zero-order valence-electron chi connectivity index (χ0n) is 18.6. The Balaban J connectivity index is 1.67. The fourth-order valence-corrected chi connectivity index (χ4v) is 6.00. The van der Waals surface area contributed by atoms with E-state index in [-0.39, 0.29) is 36.4 Å². The van der Waals surface area contributed by atoms with Crippen LogP contribution in [0.25, 0.3) is 0 Å². The Morgan fingerprint density at radius 2 is 1.84 bits per heavy atom. The summed E-state index contributed by atoms with van der Waals surface area (Å²) in [7, 11) is -2.14. The summed E-state index contributed by atoms with van der Waals surface area (Å²) < 4.78 is 34.9. The number of carbonyl (C=O) groups is 1. The minimum absolute atomic E-state index is 0.0572. The number of aromatic nitrogens is 2. The van der Waals surface area contributed by atoms with Gasteiger partial charge in [0.2, 0.25) is 15.9 Å². The molecule has 0 unspecified atom stereocenters. The van der Waals surface area contributed by atoms with Gasteiger partial charge >= 0.3 is 0 Å². The van der Waals surface area contributed by atoms with Crippen molar-refractivity contribution < 1.29 is 17.9 Å². The van der Waals surface area contributed by atoms with Crippen LogP contribution in [0, 0.1) is 13.8 Å². The Morgan fingerprint density at radius 1 is 1.19 bits per heavy atom. The Morgan fingerprint density at radius 3 is 2.35 bits per heavy atom. The van der Waals surface area contributed by atoms with Crippen molar-refractivity contribution in [2.75, 3.05) is 33.3 Å². The van der Waals surface area contributed by atoms with Crippen molar-refractivity contribution in [2.45, 2.75) is 45.1 Å². The van der Waals surface area contributed by atoms with E-state index in [4.69, 9.17) is 16.3 Å². The standard InChI is InChI=1S/C21H29ClN4O4S/c1-14(2)26-16(4)21(15(3)23-26)31(28,29)25-10-8-24(9-11-25)20(27)13-17-6-7-19(30-5)18(22)12-17/h6-7,12,14H,8-11,13H2,1-5H3. The van der Waals surface area contributed by atoms with Gasteiger partial charge in [-0.3, -0.25) is 9.48 Å². The minimum Gasteiger partial charge on any atom is -0.495 e. The number of hydrogen-bond donors (Lipinski definition) is 0. The largest absolute Gasteiger partial charge is 0.495 e. The maximum atomic E-state index is 13.3. The van der Waals surface area contributed by atoms with E-state index < -0.39 is 10.0 Å². The molecule has 1 fully saturated rings. The molecule has 31 heavy (non-hydrogen) atoms. The second kappa shape index (κ2) is 9.18. The van der Waals surface area contributed by atoms with Gasteiger partial charge in [-0.1, -0.05) is 17.7 Å². The van der Waals surface area contributed by atoms with Crippen LogP contribution in [-0.4, -0.2) is 66.6 Å². The number of piperazine rings is 1. The van der Waals surface area contributed by atoms with Crippen LogP contribution in [0.4, 0.5) is 0 Å². The first-order chi connectivity index (χ1) is 14.6.